The number of esters is 1. The van der Waals surface area contributed by atoms with E-state index < -0.39 is 5.97 Å². The van der Waals surface area contributed by atoms with Gasteiger partial charge in [0.15, 0.2) is 5.69 Å². The van der Waals surface area contributed by atoms with E-state index in [1.54, 1.807) is 6.92 Å². The predicted molar refractivity (Wildman–Crippen MR) is 78.8 cm³/mol. The number of nitrogens with one attached hydrogen (secondary N) is 1. The van der Waals surface area contributed by atoms with E-state index in [1.807, 2.05) is 36.0 Å². The lowest BCUT2D eigenvalue weighted by Crippen LogP contribution is -2.06. The van der Waals surface area contributed by atoms with Crippen molar-refractivity contribution in [2.45, 2.75) is 25.2 Å². The summed E-state index contributed by atoms with van der Waals surface area (Å²) in [6.07, 6.45) is 1.14. The van der Waals surface area contributed by atoms with Crippen LogP contribution in [0.15, 0.2) is 29.2 Å². The Balaban J connectivity index is 2.19. The maximum Gasteiger partial charge on any atom is 0.361 e. The van der Waals surface area contributed by atoms with E-state index in [0.29, 0.717) is 12.3 Å². The van der Waals surface area contributed by atoms with Gasteiger partial charge in [-0.25, -0.2) is 4.79 Å². The minimum absolute atomic E-state index is 0.223. The molecule has 2 aromatic rings. The smallest absolute Gasteiger partial charge is 0.361 e. The molecule has 0 spiro atoms. The third-order valence-corrected chi connectivity index (χ3v) is 3.84. The molecule has 0 aliphatic rings. The first-order chi connectivity index (χ1) is 9.76. The summed E-state index contributed by atoms with van der Waals surface area (Å²) in [6.45, 7) is 4.23. The summed E-state index contributed by atoms with van der Waals surface area (Å²) in [4.78, 5) is 13.0. The third kappa shape index (κ3) is 3.39. The second-order valence-corrected chi connectivity index (χ2v) is 5.28. The van der Waals surface area contributed by atoms with Gasteiger partial charge in [-0.1, -0.05) is 19.1 Å². The Morgan fingerprint density at radius 2 is 2.00 bits per heavy atom. The summed E-state index contributed by atoms with van der Waals surface area (Å²) >= 11 is 1.81. The molecule has 6 heteroatoms. The molecule has 1 N–H and O–H groups in total. The molecule has 1 aromatic carbocycles. The second kappa shape index (κ2) is 7.09. The molecule has 0 bridgehead atoms. The lowest BCUT2D eigenvalue weighted by Gasteiger charge is -2.03. The van der Waals surface area contributed by atoms with Crippen LogP contribution in [0.2, 0.25) is 0 Å². The highest BCUT2D eigenvalue weighted by atomic mass is 32.2. The highest BCUT2D eigenvalue weighted by molar-refractivity contribution is 7.99. The Morgan fingerprint density at radius 3 is 2.65 bits per heavy atom. The molecule has 1 aromatic heterocycles. The van der Waals surface area contributed by atoms with Crippen LogP contribution in [0, 0.1) is 0 Å². The first-order valence-corrected chi connectivity index (χ1v) is 7.56. The molecule has 2 rings (SSSR count). The Labute approximate surface area is 122 Å². The van der Waals surface area contributed by atoms with Crippen LogP contribution in [0.25, 0.3) is 11.3 Å². The van der Waals surface area contributed by atoms with E-state index in [9.17, 15) is 4.79 Å². The van der Waals surface area contributed by atoms with Crippen molar-refractivity contribution in [3.8, 4) is 11.3 Å². The van der Waals surface area contributed by atoms with Crippen LogP contribution in [-0.2, 0) is 4.74 Å². The van der Waals surface area contributed by atoms with Gasteiger partial charge < -0.3 is 4.74 Å². The molecular weight excluding hydrogens is 274 g/mol. The Kier molecular flexibility index (Phi) is 5.17. The number of benzene rings is 1. The van der Waals surface area contributed by atoms with Gasteiger partial charge in [0.2, 0.25) is 0 Å². The fourth-order valence-corrected chi connectivity index (χ4v) is 2.47. The lowest BCUT2D eigenvalue weighted by atomic mass is 10.1. The average molecular weight is 291 g/mol. The van der Waals surface area contributed by atoms with Crippen molar-refractivity contribution in [1.29, 1.82) is 0 Å². The van der Waals surface area contributed by atoms with Gasteiger partial charge in [0.05, 0.1) is 6.61 Å². The van der Waals surface area contributed by atoms with E-state index in [2.05, 4.69) is 22.3 Å². The summed E-state index contributed by atoms with van der Waals surface area (Å²) in [5.74, 6) is 0.637. The number of ether oxygens (including phenoxy) is 1. The summed E-state index contributed by atoms with van der Waals surface area (Å²) in [6, 6.07) is 7.94. The molecule has 0 saturated carbocycles. The monoisotopic (exact) mass is 291 g/mol. The standard InChI is InChI=1S/C14H17N3O2S/c1-3-9-20-11-7-5-10(6-8-11)12-13(16-17-15-12)14(18)19-4-2/h5-8H,3-4,9H2,1-2H3,(H,15,16,17). The number of rotatable bonds is 6. The second-order valence-electron chi connectivity index (χ2n) is 4.11. The van der Waals surface area contributed by atoms with Crippen molar-refractivity contribution in [3.63, 3.8) is 0 Å². The minimum Gasteiger partial charge on any atom is -0.461 e. The molecule has 1 heterocycles. The van der Waals surface area contributed by atoms with E-state index >= 15 is 0 Å². The van der Waals surface area contributed by atoms with E-state index in [-0.39, 0.29) is 5.69 Å². The van der Waals surface area contributed by atoms with Gasteiger partial charge in [0.25, 0.3) is 0 Å². The van der Waals surface area contributed by atoms with Gasteiger partial charge in [0.1, 0.15) is 5.69 Å². The van der Waals surface area contributed by atoms with Gasteiger partial charge in [-0.15, -0.1) is 16.9 Å². The Bertz CT molecular complexity index is 566. The highest BCUT2D eigenvalue weighted by Gasteiger charge is 2.18. The number of hydrogen-bond donors (Lipinski definition) is 1. The molecule has 0 aliphatic carbocycles. The normalized spacial score (nSPS) is 10.5. The van der Waals surface area contributed by atoms with Crippen LogP contribution >= 0.6 is 11.8 Å². The number of hydrogen-bond acceptors (Lipinski definition) is 5. The van der Waals surface area contributed by atoms with Crippen molar-refractivity contribution in [3.05, 3.63) is 30.0 Å². The number of carbonyl (C=O) groups is 1. The van der Waals surface area contributed by atoms with E-state index in [1.165, 1.54) is 4.90 Å². The number of aromatic nitrogens is 3. The summed E-state index contributed by atoms with van der Waals surface area (Å²) < 4.78 is 4.96. The van der Waals surface area contributed by atoms with Gasteiger partial charge in [-0.2, -0.15) is 10.3 Å². The van der Waals surface area contributed by atoms with Crippen molar-refractivity contribution in [2.24, 2.45) is 0 Å². The first kappa shape index (κ1) is 14.6. The number of H-pyrrole nitrogens is 1. The lowest BCUT2D eigenvalue weighted by molar-refractivity contribution is 0.0520. The maximum absolute atomic E-state index is 11.8. The molecule has 0 atom stereocenters. The van der Waals surface area contributed by atoms with Crippen LogP contribution in [0.1, 0.15) is 30.8 Å². The number of carbonyl (C=O) groups excluding carboxylic acids is 1. The van der Waals surface area contributed by atoms with Gasteiger partial charge >= 0.3 is 5.97 Å². The topological polar surface area (TPSA) is 67.9 Å². The zero-order chi connectivity index (χ0) is 14.4. The summed E-state index contributed by atoms with van der Waals surface area (Å²) in [5, 5.41) is 10.4. The van der Waals surface area contributed by atoms with Crippen LogP contribution in [0.5, 0.6) is 0 Å². The molecule has 0 unspecified atom stereocenters. The molecule has 5 nitrogen and oxygen atoms in total. The Morgan fingerprint density at radius 1 is 1.25 bits per heavy atom. The fraction of sp³-hybridized carbons (Fsp3) is 0.357. The highest BCUT2D eigenvalue weighted by Crippen LogP contribution is 2.25. The largest absolute Gasteiger partial charge is 0.461 e. The van der Waals surface area contributed by atoms with Crippen LogP contribution < -0.4 is 0 Å². The number of thioether (sulfide) groups is 1. The molecule has 0 saturated heterocycles. The SMILES string of the molecule is CCCSc1ccc(-c2n[nH]nc2C(=O)OCC)cc1. The quantitative estimate of drug-likeness (QED) is 0.654. The van der Waals surface area contributed by atoms with Crippen molar-refractivity contribution in [2.75, 3.05) is 12.4 Å². The Hall–Kier alpha value is -1.82. The maximum atomic E-state index is 11.8. The first-order valence-electron chi connectivity index (χ1n) is 6.57. The van der Waals surface area contributed by atoms with Gasteiger partial charge in [0, 0.05) is 10.5 Å². The molecular formula is C14H17N3O2S. The van der Waals surface area contributed by atoms with Crippen molar-refractivity contribution < 1.29 is 9.53 Å². The summed E-state index contributed by atoms with van der Waals surface area (Å²) in [7, 11) is 0. The van der Waals surface area contributed by atoms with Crippen molar-refractivity contribution in [1.82, 2.24) is 15.4 Å². The van der Waals surface area contributed by atoms with Crippen molar-refractivity contribution >= 4 is 17.7 Å². The van der Waals surface area contributed by atoms with Crippen LogP contribution in [0.3, 0.4) is 0 Å². The molecule has 0 radical (unpaired) electrons. The zero-order valence-electron chi connectivity index (χ0n) is 11.5. The number of aromatic amines is 1. The molecule has 20 heavy (non-hydrogen) atoms. The third-order valence-electron chi connectivity index (χ3n) is 2.62. The van der Waals surface area contributed by atoms with E-state index in [0.717, 1.165) is 17.7 Å². The average Bonchev–Trinajstić information content (AvgIpc) is 2.95. The predicted octanol–water partition coefficient (Wildman–Crippen LogP) is 3.15. The molecule has 0 fully saturated rings. The zero-order valence-corrected chi connectivity index (χ0v) is 12.4. The number of nitrogens with zero attached hydrogens (tertiary/aromatic N) is 2. The van der Waals surface area contributed by atoms with E-state index in [4.69, 9.17) is 4.74 Å². The van der Waals surface area contributed by atoms with Gasteiger partial charge in [-0.3, -0.25) is 0 Å². The van der Waals surface area contributed by atoms with Crippen LogP contribution in [0.4, 0.5) is 0 Å². The van der Waals surface area contributed by atoms with Crippen LogP contribution in [-0.4, -0.2) is 33.7 Å². The molecule has 106 valence electrons. The summed E-state index contributed by atoms with van der Waals surface area (Å²) in [5.41, 5.74) is 1.60. The van der Waals surface area contributed by atoms with Gasteiger partial charge in [-0.05, 0) is 31.2 Å². The minimum atomic E-state index is -0.458. The fourth-order valence-electron chi connectivity index (χ4n) is 1.70. The molecule has 0 aliphatic heterocycles. The molecule has 0 amide bonds.